The van der Waals surface area contributed by atoms with Crippen molar-refractivity contribution in [2.75, 3.05) is 0 Å². The van der Waals surface area contributed by atoms with E-state index >= 15 is 0 Å². The van der Waals surface area contributed by atoms with Gasteiger partial charge < -0.3 is 0 Å². The van der Waals surface area contributed by atoms with Crippen LogP contribution in [-0.2, 0) is 48.7 Å². The lowest BCUT2D eigenvalue weighted by Gasteiger charge is -2.47. The van der Waals surface area contributed by atoms with Crippen molar-refractivity contribution >= 4 is 0 Å². The van der Waals surface area contributed by atoms with Crippen LogP contribution in [0.1, 0.15) is 236 Å². The van der Waals surface area contributed by atoms with E-state index in [1.54, 1.807) is 33.4 Å². The van der Waals surface area contributed by atoms with Gasteiger partial charge in [-0.2, -0.15) is 0 Å². The van der Waals surface area contributed by atoms with Crippen LogP contribution in [-0.4, -0.2) is 0 Å². The van der Waals surface area contributed by atoms with Gasteiger partial charge in [0.05, 0.1) is 0 Å². The van der Waals surface area contributed by atoms with Gasteiger partial charge in [-0.3, -0.25) is 0 Å². The van der Waals surface area contributed by atoms with Crippen LogP contribution in [0.25, 0.3) is 0 Å². The molecule has 0 N–H and O–H groups in total. The summed E-state index contributed by atoms with van der Waals surface area (Å²) in [5.74, 6) is 0. The Kier molecular flexibility index (Phi) is 10.4. The molecule has 0 heteroatoms. The van der Waals surface area contributed by atoms with Crippen molar-refractivity contribution in [2.45, 2.75) is 229 Å². The molecule has 0 atom stereocenters. The molecule has 0 amide bonds. The molecule has 0 spiro atoms. The fraction of sp³-hybridized carbons (Fsp3) is 0.745. The van der Waals surface area contributed by atoms with Gasteiger partial charge in [0, 0.05) is 5.41 Å². The Morgan fingerprint density at radius 1 is 0.213 bits per heavy atom. The molecule has 0 aliphatic carbocycles. The molecule has 2 aromatic rings. The highest BCUT2D eigenvalue weighted by molar-refractivity contribution is 5.64. The van der Waals surface area contributed by atoms with Crippen LogP contribution >= 0.6 is 0 Å². The molecule has 0 radical (unpaired) electrons. The molecule has 0 fully saturated rings. The standard InChI is InChI=1S/C47H80/c1-39(2,3)29-27-31(35(43(13,14)15)37(45(19,20)21)33(29)41(7,8)9)47(25,26)32-28-30(40(4,5)6)34(42(10,11)12)38(46(22,23)24)36(32)44(16,17)18/h27-28H,1-26H3. The number of rotatable bonds is 2. The van der Waals surface area contributed by atoms with Crippen LogP contribution in [0, 0.1) is 0 Å². The van der Waals surface area contributed by atoms with Gasteiger partial charge in [0.2, 0.25) is 0 Å². The van der Waals surface area contributed by atoms with Gasteiger partial charge in [-0.15, -0.1) is 0 Å². The maximum atomic E-state index is 2.67. The fourth-order valence-corrected chi connectivity index (χ4v) is 8.30. The van der Waals surface area contributed by atoms with Crippen molar-refractivity contribution < 1.29 is 0 Å². The van der Waals surface area contributed by atoms with Crippen molar-refractivity contribution in [3.63, 3.8) is 0 Å². The summed E-state index contributed by atoms with van der Waals surface area (Å²) in [5.41, 5.74) is 15.0. The number of hydrogen-bond acceptors (Lipinski definition) is 0. The Morgan fingerprint density at radius 3 is 0.532 bits per heavy atom. The molecule has 0 nitrogen and oxygen atoms in total. The van der Waals surface area contributed by atoms with Crippen LogP contribution in [0.2, 0.25) is 0 Å². The summed E-state index contributed by atoms with van der Waals surface area (Å²) in [6.07, 6.45) is 0. The number of hydrogen-bond donors (Lipinski definition) is 0. The molecule has 0 bridgehead atoms. The Bertz CT molecular complexity index is 1350. The van der Waals surface area contributed by atoms with Crippen LogP contribution < -0.4 is 0 Å². The van der Waals surface area contributed by atoms with E-state index in [2.05, 4.69) is 192 Å². The predicted molar refractivity (Wildman–Crippen MR) is 215 cm³/mol. The quantitative estimate of drug-likeness (QED) is 0.305. The van der Waals surface area contributed by atoms with E-state index in [1.807, 2.05) is 0 Å². The second-order valence-electron chi connectivity index (χ2n) is 23.8. The zero-order chi connectivity index (χ0) is 37.7. The van der Waals surface area contributed by atoms with E-state index in [-0.39, 0.29) is 48.7 Å². The second-order valence-corrected chi connectivity index (χ2v) is 23.8. The summed E-state index contributed by atoms with van der Waals surface area (Å²) >= 11 is 0. The van der Waals surface area contributed by atoms with Gasteiger partial charge in [-0.25, -0.2) is 0 Å². The van der Waals surface area contributed by atoms with Gasteiger partial charge in [0.15, 0.2) is 0 Å². The zero-order valence-electron chi connectivity index (χ0n) is 36.7. The van der Waals surface area contributed by atoms with Gasteiger partial charge in [-0.05, 0) is 99.0 Å². The summed E-state index contributed by atoms with van der Waals surface area (Å²) < 4.78 is 0. The number of benzene rings is 2. The van der Waals surface area contributed by atoms with E-state index in [1.165, 1.54) is 22.3 Å². The van der Waals surface area contributed by atoms with E-state index in [0.717, 1.165) is 0 Å². The van der Waals surface area contributed by atoms with Crippen molar-refractivity contribution in [3.8, 4) is 0 Å². The van der Waals surface area contributed by atoms with E-state index < -0.39 is 0 Å². The highest BCUT2D eigenvalue weighted by Crippen LogP contribution is 2.54. The molecule has 0 aliphatic rings. The van der Waals surface area contributed by atoms with Crippen LogP contribution in [0.4, 0.5) is 0 Å². The Morgan fingerprint density at radius 2 is 0.383 bits per heavy atom. The summed E-state index contributed by atoms with van der Waals surface area (Å²) in [7, 11) is 0. The fourth-order valence-electron chi connectivity index (χ4n) is 8.30. The van der Waals surface area contributed by atoms with Crippen LogP contribution in [0.5, 0.6) is 0 Å². The monoisotopic (exact) mass is 645 g/mol. The van der Waals surface area contributed by atoms with Crippen LogP contribution in [0.3, 0.4) is 0 Å². The van der Waals surface area contributed by atoms with E-state index in [0.29, 0.717) is 0 Å². The molecular formula is C47H80. The maximum Gasteiger partial charge on any atom is 0.0152 e. The van der Waals surface area contributed by atoms with Gasteiger partial charge in [-0.1, -0.05) is 192 Å². The first-order valence-corrected chi connectivity index (χ1v) is 18.7. The third kappa shape index (κ3) is 8.26. The highest BCUT2D eigenvalue weighted by atomic mass is 14.5. The van der Waals surface area contributed by atoms with Gasteiger partial charge in [0.25, 0.3) is 0 Å². The van der Waals surface area contributed by atoms with Crippen molar-refractivity contribution in [1.82, 2.24) is 0 Å². The molecule has 0 aliphatic heterocycles. The first-order chi connectivity index (χ1) is 20.2. The lowest BCUT2D eigenvalue weighted by molar-refractivity contribution is 0.452. The Labute approximate surface area is 295 Å². The summed E-state index contributed by atoms with van der Waals surface area (Å²) in [6, 6.07) is 5.35. The molecule has 47 heavy (non-hydrogen) atoms. The average molecular weight is 645 g/mol. The van der Waals surface area contributed by atoms with Crippen LogP contribution in [0.15, 0.2) is 12.1 Å². The zero-order valence-corrected chi connectivity index (χ0v) is 36.7. The predicted octanol–water partition coefficient (Wildman–Crippen LogP) is 14.4. The topological polar surface area (TPSA) is 0 Å². The molecule has 2 rings (SSSR count). The Hall–Kier alpha value is -1.56. The molecule has 0 unspecified atom stereocenters. The largest absolute Gasteiger partial charge is 0.0561 e. The lowest BCUT2D eigenvalue weighted by atomic mass is 9.57. The summed E-state index contributed by atoms with van der Waals surface area (Å²) in [4.78, 5) is 0. The molecular weight excluding hydrogens is 565 g/mol. The minimum atomic E-state index is -0.252. The summed E-state index contributed by atoms with van der Waals surface area (Å²) in [5, 5.41) is 0. The molecule has 268 valence electrons. The van der Waals surface area contributed by atoms with E-state index in [4.69, 9.17) is 0 Å². The molecule has 0 saturated carbocycles. The van der Waals surface area contributed by atoms with Gasteiger partial charge >= 0.3 is 0 Å². The lowest BCUT2D eigenvalue weighted by Crippen LogP contribution is -2.39. The molecule has 0 aromatic heterocycles. The third-order valence-electron chi connectivity index (χ3n) is 10.1. The maximum absolute atomic E-state index is 2.67. The Balaban J connectivity index is 3.65. The minimum absolute atomic E-state index is 0.0000526. The van der Waals surface area contributed by atoms with Crippen molar-refractivity contribution in [1.29, 1.82) is 0 Å². The SMILES string of the molecule is CC(C)(C)c1cc(C(C)(C)c2cc(C(C)(C)C)c(C(C)(C)C)c(C(C)(C)C)c2C(C)(C)C)c(C(C)(C)C)c(C(C)(C)C)c1C(C)(C)C. The van der Waals surface area contributed by atoms with E-state index in [9.17, 15) is 0 Å². The van der Waals surface area contributed by atoms with Crippen molar-refractivity contribution in [3.05, 3.63) is 67.8 Å². The van der Waals surface area contributed by atoms with Gasteiger partial charge in [0.1, 0.15) is 0 Å². The smallest absolute Gasteiger partial charge is 0.0152 e. The molecule has 0 heterocycles. The third-order valence-corrected chi connectivity index (χ3v) is 10.1. The highest BCUT2D eigenvalue weighted by Gasteiger charge is 2.45. The molecule has 2 aromatic carbocycles. The first-order valence-electron chi connectivity index (χ1n) is 18.7. The molecule has 0 saturated heterocycles. The summed E-state index contributed by atoms with van der Waals surface area (Å²) in [6.45, 7) is 63.6. The average Bonchev–Trinajstić information content (AvgIpc) is 2.76. The normalized spacial score (nSPS) is 15.0. The van der Waals surface area contributed by atoms with Crippen molar-refractivity contribution in [2.24, 2.45) is 0 Å². The second kappa shape index (κ2) is 11.8. The first kappa shape index (κ1) is 41.6. The minimum Gasteiger partial charge on any atom is -0.0561 e.